The van der Waals surface area contributed by atoms with E-state index in [4.69, 9.17) is 4.74 Å². The maximum absolute atomic E-state index is 13.0. The van der Waals surface area contributed by atoms with E-state index in [0.717, 1.165) is 6.42 Å². The van der Waals surface area contributed by atoms with Crippen LogP contribution >= 0.6 is 0 Å². The topological polar surface area (TPSA) is 55.8 Å². The molecule has 116 valence electrons. The summed E-state index contributed by atoms with van der Waals surface area (Å²) >= 11 is 0. The summed E-state index contributed by atoms with van der Waals surface area (Å²) in [4.78, 5) is 24.7. The molecule has 0 aromatic heterocycles. The second-order valence-corrected chi connectivity index (χ2v) is 4.45. The smallest absolute Gasteiger partial charge is 0.325 e. The van der Waals surface area contributed by atoms with Crippen LogP contribution in [0.3, 0.4) is 0 Å². The molecule has 1 rings (SSSR count). The van der Waals surface area contributed by atoms with Crippen LogP contribution in [0.2, 0.25) is 0 Å². The molecule has 5 nitrogen and oxygen atoms in total. The minimum atomic E-state index is -0.456. The number of amides is 1. The molecule has 1 aromatic carbocycles. The monoisotopic (exact) mass is 297 g/mol. The van der Waals surface area contributed by atoms with Gasteiger partial charge in [0.25, 0.3) is 0 Å². The number of hydrogen-bond donors (Lipinski definition) is 0. The molecule has 6 heteroatoms. The Bertz CT molecular complexity index is 478. The van der Waals surface area contributed by atoms with Gasteiger partial charge in [0.1, 0.15) is 18.1 Å². The van der Waals surface area contributed by atoms with Gasteiger partial charge in [0.05, 0.1) is 20.1 Å². The molecule has 0 unspecified atom stereocenters. The Labute approximate surface area is 123 Å². The first kappa shape index (κ1) is 16.9. The van der Waals surface area contributed by atoms with Gasteiger partial charge in [-0.1, -0.05) is 13.0 Å². The summed E-state index contributed by atoms with van der Waals surface area (Å²) in [6.07, 6.45) is 0.862. The van der Waals surface area contributed by atoms with E-state index in [0.29, 0.717) is 12.3 Å². The zero-order valence-corrected chi connectivity index (χ0v) is 12.3. The van der Waals surface area contributed by atoms with Crippen molar-refractivity contribution >= 4 is 11.9 Å². The van der Waals surface area contributed by atoms with Gasteiger partial charge in [-0.15, -0.1) is 0 Å². The summed E-state index contributed by atoms with van der Waals surface area (Å²) in [5, 5.41) is 0. The molecule has 0 fully saturated rings. The zero-order valence-electron chi connectivity index (χ0n) is 12.3. The first-order valence-corrected chi connectivity index (χ1v) is 6.79. The predicted octanol–water partition coefficient (Wildman–Crippen LogP) is 2.01. The number of ether oxygens (including phenoxy) is 2. The fraction of sp³-hybridized carbons (Fsp3) is 0.467. The number of halogens is 1. The summed E-state index contributed by atoms with van der Waals surface area (Å²) in [5.41, 5.74) is 0. The standard InChI is InChI=1S/C15H20FNO4/c1-3-8-17(11-15(19)20-2)14(18)7-9-21-13-6-4-5-12(16)10-13/h4-6,10H,3,7-9,11H2,1-2H3. The Balaban J connectivity index is 2.44. The highest BCUT2D eigenvalue weighted by Crippen LogP contribution is 2.12. The highest BCUT2D eigenvalue weighted by molar-refractivity contribution is 5.82. The third-order valence-corrected chi connectivity index (χ3v) is 2.77. The van der Waals surface area contributed by atoms with Gasteiger partial charge in [-0.3, -0.25) is 9.59 Å². The van der Waals surface area contributed by atoms with Crippen LogP contribution in [0.15, 0.2) is 24.3 Å². The largest absolute Gasteiger partial charge is 0.493 e. The Morgan fingerprint density at radius 1 is 1.33 bits per heavy atom. The quantitative estimate of drug-likeness (QED) is 0.689. The van der Waals surface area contributed by atoms with Crippen LogP contribution in [-0.4, -0.2) is 43.6 Å². The van der Waals surface area contributed by atoms with Crippen LogP contribution in [0, 0.1) is 5.82 Å². The van der Waals surface area contributed by atoms with Gasteiger partial charge in [0.2, 0.25) is 5.91 Å². The minimum absolute atomic E-state index is 0.0663. The van der Waals surface area contributed by atoms with Crippen molar-refractivity contribution in [3.63, 3.8) is 0 Å². The fourth-order valence-corrected chi connectivity index (χ4v) is 1.75. The van der Waals surface area contributed by atoms with E-state index in [1.807, 2.05) is 6.92 Å². The van der Waals surface area contributed by atoms with Gasteiger partial charge >= 0.3 is 5.97 Å². The van der Waals surface area contributed by atoms with Crippen LogP contribution in [0.5, 0.6) is 5.75 Å². The molecule has 1 aromatic rings. The van der Waals surface area contributed by atoms with Gasteiger partial charge in [-0.05, 0) is 18.6 Å². The van der Waals surface area contributed by atoms with E-state index >= 15 is 0 Å². The zero-order chi connectivity index (χ0) is 15.7. The van der Waals surface area contributed by atoms with E-state index in [9.17, 15) is 14.0 Å². The average molecular weight is 297 g/mol. The van der Waals surface area contributed by atoms with E-state index < -0.39 is 11.8 Å². The number of hydrogen-bond acceptors (Lipinski definition) is 4. The average Bonchev–Trinajstić information content (AvgIpc) is 2.46. The molecule has 0 bridgehead atoms. The molecule has 0 saturated carbocycles. The first-order chi connectivity index (χ1) is 10.1. The van der Waals surface area contributed by atoms with Gasteiger partial charge in [-0.25, -0.2) is 4.39 Å². The number of esters is 1. The van der Waals surface area contributed by atoms with Crippen molar-refractivity contribution in [1.82, 2.24) is 4.90 Å². The molecule has 0 aliphatic carbocycles. The molecule has 0 N–H and O–H groups in total. The molecule has 0 atom stereocenters. The molecular weight excluding hydrogens is 277 g/mol. The van der Waals surface area contributed by atoms with Crippen molar-refractivity contribution in [3.8, 4) is 5.75 Å². The molecular formula is C15H20FNO4. The van der Waals surface area contributed by atoms with Gasteiger partial charge < -0.3 is 14.4 Å². The van der Waals surface area contributed by atoms with Crippen LogP contribution in [-0.2, 0) is 14.3 Å². The number of carbonyl (C=O) groups is 2. The summed E-state index contributed by atoms with van der Waals surface area (Å²) in [6.45, 7) is 2.46. The van der Waals surface area contributed by atoms with Gasteiger partial charge in [0.15, 0.2) is 0 Å². The van der Waals surface area contributed by atoms with Crippen molar-refractivity contribution in [2.75, 3.05) is 26.8 Å². The SMILES string of the molecule is CCCN(CC(=O)OC)C(=O)CCOc1cccc(F)c1. The van der Waals surface area contributed by atoms with Crippen LogP contribution in [0.25, 0.3) is 0 Å². The van der Waals surface area contributed by atoms with Crippen molar-refractivity contribution < 1.29 is 23.5 Å². The second kappa shape index (κ2) is 8.94. The highest BCUT2D eigenvalue weighted by Gasteiger charge is 2.16. The van der Waals surface area contributed by atoms with Gasteiger partial charge in [0, 0.05) is 12.6 Å². The number of nitrogens with zero attached hydrogens (tertiary/aromatic N) is 1. The highest BCUT2D eigenvalue weighted by atomic mass is 19.1. The van der Waals surface area contributed by atoms with E-state index in [1.54, 1.807) is 6.07 Å². The Kier molecular flexibility index (Phi) is 7.21. The molecule has 21 heavy (non-hydrogen) atoms. The molecule has 0 heterocycles. The normalized spacial score (nSPS) is 10.0. The van der Waals surface area contributed by atoms with Gasteiger partial charge in [-0.2, -0.15) is 0 Å². The molecule has 0 aliphatic heterocycles. The maximum Gasteiger partial charge on any atom is 0.325 e. The third-order valence-electron chi connectivity index (χ3n) is 2.77. The Hall–Kier alpha value is -2.11. The lowest BCUT2D eigenvalue weighted by Crippen LogP contribution is -2.37. The minimum Gasteiger partial charge on any atom is -0.493 e. The predicted molar refractivity (Wildman–Crippen MR) is 75.4 cm³/mol. The number of methoxy groups -OCH3 is 1. The molecule has 0 aliphatic rings. The summed E-state index contributed by atoms with van der Waals surface area (Å²) in [5.74, 6) is -0.670. The lowest BCUT2D eigenvalue weighted by atomic mass is 10.3. The van der Waals surface area contributed by atoms with Crippen LogP contribution < -0.4 is 4.74 Å². The number of benzene rings is 1. The second-order valence-electron chi connectivity index (χ2n) is 4.45. The number of rotatable bonds is 8. The van der Waals surface area contributed by atoms with E-state index in [2.05, 4.69) is 4.74 Å². The van der Waals surface area contributed by atoms with Crippen molar-refractivity contribution in [3.05, 3.63) is 30.1 Å². The third kappa shape index (κ3) is 6.25. The lowest BCUT2D eigenvalue weighted by Gasteiger charge is -2.20. The summed E-state index contributed by atoms with van der Waals surface area (Å²) < 4.78 is 22.8. The fourth-order valence-electron chi connectivity index (χ4n) is 1.75. The molecule has 0 saturated heterocycles. The van der Waals surface area contributed by atoms with E-state index in [1.165, 1.54) is 30.2 Å². The van der Waals surface area contributed by atoms with Crippen molar-refractivity contribution in [2.24, 2.45) is 0 Å². The molecule has 0 spiro atoms. The van der Waals surface area contributed by atoms with E-state index in [-0.39, 0.29) is 25.5 Å². The van der Waals surface area contributed by atoms with Crippen molar-refractivity contribution in [1.29, 1.82) is 0 Å². The van der Waals surface area contributed by atoms with Crippen LogP contribution in [0.4, 0.5) is 4.39 Å². The molecule has 1 amide bonds. The lowest BCUT2D eigenvalue weighted by molar-refractivity contribution is -0.147. The first-order valence-electron chi connectivity index (χ1n) is 6.79. The maximum atomic E-state index is 13.0. The molecule has 0 radical (unpaired) electrons. The van der Waals surface area contributed by atoms with Crippen LogP contribution in [0.1, 0.15) is 19.8 Å². The number of carbonyl (C=O) groups excluding carboxylic acids is 2. The van der Waals surface area contributed by atoms with Crippen molar-refractivity contribution in [2.45, 2.75) is 19.8 Å². The Morgan fingerprint density at radius 3 is 2.71 bits per heavy atom. The summed E-state index contributed by atoms with van der Waals surface area (Å²) in [6, 6.07) is 5.72. The Morgan fingerprint density at radius 2 is 2.10 bits per heavy atom. The summed E-state index contributed by atoms with van der Waals surface area (Å²) in [7, 11) is 1.28.